The predicted molar refractivity (Wildman–Crippen MR) is 87.5 cm³/mol. The molecule has 1 saturated heterocycles. The Bertz CT molecular complexity index is 807. The molecule has 3 rings (SSSR count). The summed E-state index contributed by atoms with van der Waals surface area (Å²) in [5, 5.41) is 7.75. The first kappa shape index (κ1) is 15.9. The van der Waals surface area contributed by atoms with Gasteiger partial charge in [-0.15, -0.1) is 0 Å². The number of nitrogens with zero attached hydrogens (tertiary/aromatic N) is 1. The number of carbonyl (C=O) groups excluding carboxylic acids is 3. The normalized spacial score (nSPS) is 16.5. The minimum atomic E-state index is -0.780. The Kier molecular flexibility index (Phi) is 4.43. The molecule has 2 heterocycles. The molecule has 8 heteroatoms. The zero-order chi connectivity index (χ0) is 17.1. The van der Waals surface area contributed by atoms with Gasteiger partial charge in [0.15, 0.2) is 0 Å². The fraction of sp³-hybridized carbons (Fsp3) is 0.125. The van der Waals surface area contributed by atoms with Gasteiger partial charge in [-0.05, 0) is 24.3 Å². The average molecular weight is 345 g/mol. The van der Waals surface area contributed by atoms with Crippen LogP contribution in [0.5, 0.6) is 0 Å². The summed E-state index contributed by atoms with van der Waals surface area (Å²) in [6, 6.07) is 8.91. The molecule has 0 saturated carbocycles. The molecule has 24 heavy (non-hydrogen) atoms. The van der Waals surface area contributed by atoms with Gasteiger partial charge in [-0.1, -0.05) is 23.7 Å². The number of hydrogen-bond donors (Lipinski definition) is 3. The molecule has 1 atom stereocenters. The number of pyridine rings is 1. The van der Waals surface area contributed by atoms with E-state index in [1.54, 1.807) is 42.6 Å². The third-order valence-electron chi connectivity index (χ3n) is 3.50. The lowest BCUT2D eigenvalue weighted by Gasteiger charge is -2.11. The number of benzene rings is 1. The van der Waals surface area contributed by atoms with E-state index in [1.165, 1.54) is 0 Å². The molecule has 7 nitrogen and oxygen atoms in total. The molecule has 0 spiro atoms. The fourth-order valence-electron chi connectivity index (χ4n) is 2.32. The van der Waals surface area contributed by atoms with E-state index in [-0.39, 0.29) is 12.5 Å². The second-order valence-electron chi connectivity index (χ2n) is 5.13. The summed E-state index contributed by atoms with van der Waals surface area (Å²) in [4.78, 5) is 39.2. The highest BCUT2D eigenvalue weighted by atomic mass is 35.5. The SMILES string of the molecule is O=C1NC(=O)C(CNC(=O)c2cccnc2-c2ccc(Cl)cc2)N1. The van der Waals surface area contributed by atoms with Crippen LogP contribution in [0, 0.1) is 0 Å². The standard InChI is InChI=1S/C16H13ClN4O3/c17-10-5-3-9(4-6-10)13-11(2-1-7-18-13)14(22)19-8-12-15(23)21-16(24)20-12/h1-7,12H,8H2,(H,19,22)(H2,20,21,23,24). The summed E-state index contributed by atoms with van der Waals surface area (Å²) in [6.45, 7) is -0.00857. The summed E-state index contributed by atoms with van der Waals surface area (Å²) >= 11 is 5.88. The highest BCUT2D eigenvalue weighted by Crippen LogP contribution is 2.23. The van der Waals surface area contributed by atoms with E-state index < -0.39 is 18.0 Å². The van der Waals surface area contributed by atoms with E-state index in [0.29, 0.717) is 16.3 Å². The van der Waals surface area contributed by atoms with Crippen LogP contribution in [0.3, 0.4) is 0 Å². The van der Waals surface area contributed by atoms with Gasteiger partial charge < -0.3 is 10.6 Å². The lowest BCUT2D eigenvalue weighted by molar-refractivity contribution is -0.120. The van der Waals surface area contributed by atoms with Gasteiger partial charge in [0.25, 0.3) is 11.8 Å². The van der Waals surface area contributed by atoms with Crippen LogP contribution in [0.4, 0.5) is 4.79 Å². The van der Waals surface area contributed by atoms with E-state index in [4.69, 9.17) is 11.6 Å². The highest BCUT2D eigenvalue weighted by molar-refractivity contribution is 6.30. The van der Waals surface area contributed by atoms with Crippen LogP contribution in [-0.4, -0.2) is 35.4 Å². The van der Waals surface area contributed by atoms with Crippen molar-refractivity contribution >= 4 is 29.4 Å². The Hall–Kier alpha value is -2.93. The van der Waals surface area contributed by atoms with Gasteiger partial charge in [-0.2, -0.15) is 0 Å². The number of nitrogens with one attached hydrogen (secondary N) is 3. The van der Waals surface area contributed by atoms with E-state index in [9.17, 15) is 14.4 Å². The van der Waals surface area contributed by atoms with Gasteiger partial charge in [0.2, 0.25) is 0 Å². The van der Waals surface area contributed by atoms with Crippen LogP contribution in [0.15, 0.2) is 42.6 Å². The van der Waals surface area contributed by atoms with Crippen LogP contribution in [-0.2, 0) is 4.79 Å². The number of imide groups is 1. The maximum Gasteiger partial charge on any atom is 0.322 e. The molecule has 3 N–H and O–H groups in total. The fourth-order valence-corrected chi connectivity index (χ4v) is 2.44. The zero-order valence-corrected chi connectivity index (χ0v) is 13.1. The summed E-state index contributed by atoms with van der Waals surface area (Å²) in [5.41, 5.74) is 1.62. The maximum atomic E-state index is 12.4. The molecule has 2 aromatic rings. The van der Waals surface area contributed by atoms with E-state index in [1.807, 2.05) is 0 Å². The smallest absolute Gasteiger partial charge is 0.322 e. The van der Waals surface area contributed by atoms with Crippen LogP contribution in [0.1, 0.15) is 10.4 Å². The molecule has 1 aromatic heterocycles. The number of amides is 4. The first-order chi connectivity index (χ1) is 11.5. The Morgan fingerprint density at radius 3 is 2.62 bits per heavy atom. The van der Waals surface area contributed by atoms with Crippen molar-refractivity contribution in [3.05, 3.63) is 53.2 Å². The summed E-state index contributed by atoms with van der Waals surface area (Å²) in [6.07, 6.45) is 1.59. The van der Waals surface area contributed by atoms with Gasteiger partial charge in [-0.25, -0.2) is 4.79 Å². The van der Waals surface area contributed by atoms with E-state index >= 15 is 0 Å². The van der Waals surface area contributed by atoms with Crippen LogP contribution >= 0.6 is 11.6 Å². The third-order valence-corrected chi connectivity index (χ3v) is 3.75. The minimum Gasteiger partial charge on any atom is -0.349 e. The van der Waals surface area contributed by atoms with Crippen molar-refractivity contribution in [2.24, 2.45) is 0 Å². The molecule has 1 unspecified atom stereocenters. The van der Waals surface area contributed by atoms with E-state index in [0.717, 1.165) is 5.56 Å². The Morgan fingerprint density at radius 1 is 1.21 bits per heavy atom. The molecule has 0 radical (unpaired) electrons. The Labute approximate surface area is 142 Å². The largest absolute Gasteiger partial charge is 0.349 e. The highest BCUT2D eigenvalue weighted by Gasteiger charge is 2.29. The summed E-state index contributed by atoms with van der Waals surface area (Å²) in [7, 11) is 0. The monoisotopic (exact) mass is 344 g/mol. The topological polar surface area (TPSA) is 100 Å². The molecule has 1 fully saturated rings. The number of rotatable bonds is 4. The Morgan fingerprint density at radius 2 is 1.96 bits per heavy atom. The number of halogens is 1. The van der Waals surface area contributed by atoms with Crippen molar-refractivity contribution in [3.8, 4) is 11.3 Å². The number of aromatic nitrogens is 1. The molecule has 4 amide bonds. The molecule has 122 valence electrons. The van der Waals surface area contributed by atoms with Crippen molar-refractivity contribution in [2.75, 3.05) is 6.54 Å². The first-order valence-electron chi connectivity index (χ1n) is 7.15. The van der Waals surface area contributed by atoms with Gasteiger partial charge in [0.05, 0.1) is 11.3 Å². The van der Waals surface area contributed by atoms with Crippen molar-refractivity contribution < 1.29 is 14.4 Å². The van der Waals surface area contributed by atoms with Gasteiger partial charge in [0, 0.05) is 23.3 Å². The van der Waals surface area contributed by atoms with Crippen LogP contribution in [0.25, 0.3) is 11.3 Å². The lowest BCUT2D eigenvalue weighted by atomic mass is 10.1. The molecule has 1 aliphatic heterocycles. The molecule has 0 aliphatic carbocycles. The van der Waals surface area contributed by atoms with Crippen molar-refractivity contribution in [3.63, 3.8) is 0 Å². The molecular formula is C16H13ClN4O3. The van der Waals surface area contributed by atoms with Crippen LogP contribution in [0.2, 0.25) is 5.02 Å². The van der Waals surface area contributed by atoms with Crippen LogP contribution < -0.4 is 16.0 Å². The number of hydrogen-bond acceptors (Lipinski definition) is 4. The van der Waals surface area contributed by atoms with Gasteiger partial charge in [0.1, 0.15) is 6.04 Å². The summed E-state index contributed by atoms with van der Waals surface area (Å²) in [5.74, 6) is -0.855. The third kappa shape index (κ3) is 3.36. The quantitative estimate of drug-likeness (QED) is 0.729. The second-order valence-corrected chi connectivity index (χ2v) is 5.57. The zero-order valence-electron chi connectivity index (χ0n) is 12.4. The number of urea groups is 1. The van der Waals surface area contributed by atoms with Crippen molar-refractivity contribution in [1.82, 2.24) is 20.9 Å². The second kappa shape index (κ2) is 6.67. The van der Waals surface area contributed by atoms with E-state index in [2.05, 4.69) is 20.9 Å². The van der Waals surface area contributed by atoms with Crippen molar-refractivity contribution in [1.29, 1.82) is 0 Å². The number of carbonyl (C=O) groups is 3. The van der Waals surface area contributed by atoms with Gasteiger partial charge >= 0.3 is 6.03 Å². The molecular weight excluding hydrogens is 332 g/mol. The minimum absolute atomic E-state index is 0.00857. The molecule has 1 aromatic carbocycles. The Balaban J connectivity index is 1.77. The van der Waals surface area contributed by atoms with Gasteiger partial charge in [-0.3, -0.25) is 19.9 Å². The summed E-state index contributed by atoms with van der Waals surface area (Å²) < 4.78 is 0. The lowest BCUT2D eigenvalue weighted by Crippen LogP contribution is -2.41. The van der Waals surface area contributed by atoms with Crippen molar-refractivity contribution in [2.45, 2.75) is 6.04 Å². The average Bonchev–Trinajstić information content (AvgIpc) is 2.91. The predicted octanol–water partition coefficient (Wildman–Crippen LogP) is 1.34. The molecule has 0 bridgehead atoms. The molecule has 1 aliphatic rings. The maximum absolute atomic E-state index is 12.4. The first-order valence-corrected chi connectivity index (χ1v) is 7.53.